The Labute approximate surface area is 159 Å². The summed E-state index contributed by atoms with van der Waals surface area (Å²) in [6, 6.07) is 10.1. The van der Waals surface area contributed by atoms with E-state index in [2.05, 4.69) is 22.0 Å². The van der Waals surface area contributed by atoms with Gasteiger partial charge in [0.1, 0.15) is 0 Å². The van der Waals surface area contributed by atoms with Crippen molar-refractivity contribution in [2.24, 2.45) is 5.41 Å². The molecule has 1 aliphatic carbocycles. The van der Waals surface area contributed by atoms with E-state index in [0.29, 0.717) is 13.2 Å². The Kier molecular flexibility index (Phi) is 3.83. The Bertz CT molecular complexity index is 874. The van der Waals surface area contributed by atoms with Crippen LogP contribution in [-0.2, 0) is 21.4 Å². The molecule has 0 saturated carbocycles. The third-order valence-corrected chi connectivity index (χ3v) is 6.49. The van der Waals surface area contributed by atoms with Crippen LogP contribution in [0.2, 0.25) is 0 Å². The van der Waals surface area contributed by atoms with Gasteiger partial charge in [-0.25, -0.2) is 9.97 Å². The van der Waals surface area contributed by atoms with Gasteiger partial charge in [-0.05, 0) is 38.2 Å². The summed E-state index contributed by atoms with van der Waals surface area (Å²) in [6.45, 7) is 4.75. The van der Waals surface area contributed by atoms with E-state index in [-0.39, 0.29) is 16.7 Å². The highest BCUT2D eigenvalue weighted by Crippen LogP contribution is 2.45. The molecular weight excluding hydrogens is 338 g/mol. The van der Waals surface area contributed by atoms with Gasteiger partial charge in [0, 0.05) is 30.3 Å². The van der Waals surface area contributed by atoms with Crippen LogP contribution in [0, 0.1) is 5.41 Å². The molecule has 0 bridgehead atoms. The van der Waals surface area contributed by atoms with Crippen molar-refractivity contribution >= 4 is 5.91 Å². The lowest BCUT2D eigenvalue weighted by Crippen LogP contribution is -2.57. The summed E-state index contributed by atoms with van der Waals surface area (Å²) in [7, 11) is 0. The number of hydrogen-bond donors (Lipinski definition) is 0. The van der Waals surface area contributed by atoms with Gasteiger partial charge in [0.25, 0.3) is 0 Å². The van der Waals surface area contributed by atoms with Crippen LogP contribution < -0.4 is 0 Å². The molecule has 5 nitrogen and oxygen atoms in total. The van der Waals surface area contributed by atoms with E-state index < -0.39 is 0 Å². The zero-order chi connectivity index (χ0) is 18.5. The predicted molar refractivity (Wildman–Crippen MR) is 102 cm³/mol. The number of piperidine rings is 1. The molecule has 2 fully saturated rings. The minimum atomic E-state index is -0.333. The molecule has 1 aromatic carbocycles. The Morgan fingerprint density at radius 1 is 1.19 bits per heavy atom. The summed E-state index contributed by atoms with van der Waals surface area (Å²) in [6.07, 6.45) is 6.20. The third kappa shape index (κ3) is 2.67. The number of fused-ring (bicyclic) bond motifs is 2. The molecule has 1 amide bonds. The van der Waals surface area contributed by atoms with E-state index in [1.807, 2.05) is 31.3 Å². The highest BCUT2D eigenvalue weighted by molar-refractivity contribution is 5.83. The number of benzene rings is 1. The van der Waals surface area contributed by atoms with E-state index in [4.69, 9.17) is 9.72 Å². The van der Waals surface area contributed by atoms with Gasteiger partial charge in [-0.3, -0.25) is 4.79 Å². The van der Waals surface area contributed by atoms with Gasteiger partial charge in [0.2, 0.25) is 5.91 Å². The largest absolute Gasteiger partial charge is 0.379 e. The summed E-state index contributed by atoms with van der Waals surface area (Å²) in [5, 5.41) is 0. The zero-order valence-corrected chi connectivity index (χ0v) is 15.8. The number of amides is 1. The van der Waals surface area contributed by atoms with Gasteiger partial charge in [-0.15, -0.1) is 0 Å². The van der Waals surface area contributed by atoms with E-state index in [9.17, 15) is 4.79 Å². The van der Waals surface area contributed by atoms with Crippen LogP contribution in [0.4, 0.5) is 0 Å². The average molecular weight is 363 g/mol. The molecule has 2 saturated heterocycles. The van der Waals surface area contributed by atoms with Crippen LogP contribution in [0.15, 0.2) is 36.5 Å². The first-order valence-electron chi connectivity index (χ1n) is 9.89. The lowest BCUT2D eigenvalue weighted by atomic mass is 9.76. The Morgan fingerprint density at radius 3 is 2.74 bits per heavy atom. The van der Waals surface area contributed by atoms with E-state index in [1.54, 1.807) is 0 Å². The van der Waals surface area contributed by atoms with Crippen molar-refractivity contribution in [1.82, 2.24) is 14.9 Å². The monoisotopic (exact) mass is 363 g/mol. The molecule has 5 heteroatoms. The standard InChI is InChI=1S/C22H25N3O2/c1-21(14-27-15-21)20(26)25-11-5-9-22(13-25)10-8-17-12-23-19(24-18(17)22)16-6-3-2-4-7-16/h2-4,6-7,12H,5,8-11,13-15H2,1H3. The van der Waals surface area contributed by atoms with Crippen molar-refractivity contribution in [1.29, 1.82) is 0 Å². The molecule has 3 heterocycles. The lowest BCUT2D eigenvalue weighted by Gasteiger charge is -2.46. The van der Waals surface area contributed by atoms with Crippen LogP contribution in [0.25, 0.3) is 11.4 Å². The normalized spacial score (nSPS) is 25.9. The highest BCUT2D eigenvalue weighted by Gasteiger charge is 2.49. The maximum atomic E-state index is 13.1. The summed E-state index contributed by atoms with van der Waals surface area (Å²) in [5.41, 5.74) is 3.12. The van der Waals surface area contributed by atoms with Crippen LogP contribution in [0.3, 0.4) is 0 Å². The first-order valence-corrected chi connectivity index (χ1v) is 9.89. The summed E-state index contributed by atoms with van der Waals surface area (Å²) < 4.78 is 5.32. The van der Waals surface area contributed by atoms with Crippen LogP contribution >= 0.6 is 0 Å². The molecule has 2 aliphatic heterocycles. The Balaban J connectivity index is 1.47. The molecule has 1 unspecified atom stereocenters. The maximum absolute atomic E-state index is 13.1. The number of ether oxygens (including phenoxy) is 1. The van der Waals surface area contributed by atoms with Gasteiger partial charge in [0.15, 0.2) is 5.82 Å². The van der Waals surface area contributed by atoms with E-state index in [1.165, 1.54) is 11.3 Å². The lowest BCUT2D eigenvalue weighted by molar-refractivity contribution is -0.170. The van der Waals surface area contributed by atoms with Crippen molar-refractivity contribution in [3.63, 3.8) is 0 Å². The molecule has 1 aromatic heterocycles. The quantitative estimate of drug-likeness (QED) is 0.823. The van der Waals surface area contributed by atoms with Gasteiger partial charge >= 0.3 is 0 Å². The maximum Gasteiger partial charge on any atom is 0.233 e. The van der Waals surface area contributed by atoms with E-state index in [0.717, 1.165) is 50.2 Å². The highest BCUT2D eigenvalue weighted by atomic mass is 16.5. The number of carbonyl (C=O) groups is 1. The van der Waals surface area contributed by atoms with Gasteiger partial charge in [-0.1, -0.05) is 30.3 Å². The van der Waals surface area contributed by atoms with Crippen LogP contribution in [0.5, 0.6) is 0 Å². The second-order valence-corrected chi connectivity index (χ2v) is 8.60. The molecule has 1 spiro atoms. The molecule has 140 valence electrons. The van der Waals surface area contributed by atoms with E-state index >= 15 is 0 Å². The minimum Gasteiger partial charge on any atom is -0.379 e. The van der Waals surface area contributed by atoms with Crippen molar-refractivity contribution < 1.29 is 9.53 Å². The summed E-state index contributed by atoms with van der Waals surface area (Å²) in [4.78, 5) is 24.8. The zero-order valence-electron chi connectivity index (χ0n) is 15.8. The molecule has 0 N–H and O–H groups in total. The SMILES string of the molecule is CC1(C(=O)N2CCCC3(CCc4cnc(-c5ccccc5)nc43)C2)COC1. The third-order valence-electron chi connectivity index (χ3n) is 6.49. The summed E-state index contributed by atoms with van der Waals surface area (Å²) >= 11 is 0. The fraction of sp³-hybridized carbons (Fsp3) is 0.500. The average Bonchev–Trinajstić information content (AvgIpc) is 3.03. The Morgan fingerprint density at radius 2 is 2.00 bits per heavy atom. The summed E-state index contributed by atoms with van der Waals surface area (Å²) in [5.74, 6) is 1.04. The number of nitrogens with zero attached hydrogens (tertiary/aromatic N) is 3. The minimum absolute atomic E-state index is 0.0172. The molecule has 0 radical (unpaired) electrons. The van der Waals surface area contributed by atoms with Crippen molar-refractivity contribution in [3.05, 3.63) is 47.8 Å². The number of carbonyl (C=O) groups excluding carboxylic acids is 1. The fourth-order valence-corrected chi connectivity index (χ4v) is 4.88. The second kappa shape index (κ2) is 6.13. The van der Waals surface area contributed by atoms with Crippen LogP contribution in [-0.4, -0.2) is 47.1 Å². The molecule has 3 aliphatic rings. The smallest absolute Gasteiger partial charge is 0.233 e. The molecular formula is C22H25N3O2. The number of aryl methyl sites for hydroxylation is 1. The molecule has 2 aromatic rings. The van der Waals surface area contributed by atoms with Crippen molar-refractivity contribution in [3.8, 4) is 11.4 Å². The van der Waals surface area contributed by atoms with Gasteiger partial charge in [0.05, 0.1) is 24.3 Å². The first kappa shape index (κ1) is 16.9. The van der Waals surface area contributed by atoms with Crippen molar-refractivity contribution in [2.45, 2.75) is 38.0 Å². The van der Waals surface area contributed by atoms with Crippen molar-refractivity contribution in [2.75, 3.05) is 26.3 Å². The van der Waals surface area contributed by atoms with Gasteiger partial charge in [-0.2, -0.15) is 0 Å². The second-order valence-electron chi connectivity index (χ2n) is 8.60. The first-order chi connectivity index (χ1) is 13.1. The number of rotatable bonds is 2. The number of aromatic nitrogens is 2. The number of hydrogen-bond acceptors (Lipinski definition) is 4. The van der Waals surface area contributed by atoms with Crippen LogP contribution in [0.1, 0.15) is 37.4 Å². The Hall–Kier alpha value is -2.27. The van der Waals surface area contributed by atoms with Gasteiger partial charge < -0.3 is 9.64 Å². The molecule has 27 heavy (non-hydrogen) atoms. The molecule has 5 rings (SSSR count). The molecule has 1 atom stereocenters. The number of likely N-dealkylation sites (tertiary alicyclic amines) is 1. The topological polar surface area (TPSA) is 55.3 Å². The fourth-order valence-electron chi connectivity index (χ4n) is 4.88. The predicted octanol–water partition coefficient (Wildman–Crippen LogP) is 2.99.